The molecule has 0 spiro atoms. The minimum absolute atomic E-state index is 0.00286. The quantitative estimate of drug-likeness (QED) is 0.675. The standard InChI is InChI=1S/C19H27N3O4S/c1-15-2-4-17(27-15)16(23)3-5-18(24)21-6-8-22(9-7-21)19(25)14-20-10-12-26-13-11-20/h2,4H,3,5-14H2,1H3. The summed E-state index contributed by atoms with van der Waals surface area (Å²) in [4.78, 5) is 44.5. The molecule has 2 amide bonds. The maximum absolute atomic E-state index is 12.4. The first-order valence-corrected chi connectivity index (χ1v) is 10.3. The van der Waals surface area contributed by atoms with Gasteiger partial charge >= 0.3 is 0 Å². The van der Waals surface area contributed by atoms with E-state index in [2.05, 4.69) is 4.90 Å². The van der Waals surface area contributed by atoms with E-state index in [0.29, 0.717) is 45.9 Å². The van der Waals surface area contributed by atoms with Crippen LogP contribution in [0.4, 0.5) is 0 Å². The predicted molar refractivity (Wildman–Crippen MR) is 103 cm³/mol. The largest absolute Gasteiger partial charge is 0.379 e. The second-order valence-electron chi connectivity index (χ2n) is 6.98. The lowest BCUT2D eigenvalue weighted by molar-refractivity contribution is -0.140. The van der Waals surface area contributed by atoms with Crippen LogP contribution in [0.1, 0.15) is 27.4 Å². The van der Waals surface area contributed by atoms with Crippen LogP contribution in [-0.2, 0) is 14.3 Å². The molecule has 7 nitrogen and oxygen atoms in total. The number of ketones is 1. The molecule has 0 aromatic carbocycles. The number of carbonyl (C=O) groups is 3. The van der Waals surface area contributed by atoms with Gasteiger partial charge in [-0.15, -0.1) is 11.3 Å². The molecular weight excluding hydrogens is 366 g/mol. The monoisotopic (exact) mass is 393 g/mol. The van der Waals surface area contributed by atoms with Crippen molar-refractivity contribution in [1.29, 1.82) is 0 Å². The normalized spacial score (nSPS) is 18.6. The summed E-state index contributed by atoms with van der Waals surface area (Å²) in [7, 11) is 0. The lowest BCUT2D eigenvalue weighted by Gasteiger charge is -2.36. The highest BCUT2D eigenvalue weighted by Crippen LogP contribution is 2.18. The Morgan fingerprint density at radius 1 is 0.926 bits per heavy atom. The van der Waals surface area contributed by atoms with Gasteiger partial charge in [0.25, 0.3) is 0 Å². The third kappa shape index (κ3) is 5.60. The van der Waals surface area contributed by atoms with E-state index in [1.54, 1.807) is 4.90 Å². The number of aryl methyl sites for hydroxylation is 1. The number of nitrogens with zero attached hydrogens (tertiary/aromatic N) is 3. The molecule has 1 aromatic heterocycles. The Labute approximate surface area is 163 Å². The number of morpholine rings is 1. The fourth-order valence-corrected chi connectivity index (χ4v) is 4.18. The van der Waals surface area contributed by atoms with Gasteiger partial charge in [0.2, 0.25) is 11.8 Å². The average Bonchev–Trinajstić information content (AvgIpc) is 3.13. The van der Waals surface area contributed by atoms with E-state index >= 15 is 0 Å². The zero-order chi connectivity index (χ0) is 19.2. The summed E-state index contributed by atoms with van der Waals surface area (Å²) in [5.41, 5.74) is 0. The van der Waals surface area contributed by atoms with Gasteiger partial charge in [0.1, 0.15) is 0 Å². The van der Waals surface area contributed by atoms with Crippen molar-refractivity contribution in [3.63, 3.8) is 0 Å². The molecule has 0 unspecified atom stereocenters. The van der Waals surface area contributed by atoms with Gasteiger partial charge in [0.05, 0.1) is 24.6 Å². The second-order valence-corrected chi connectivity index (χ2v) is 8.27. The molecule has 2 aliphatic rings. The van der Waals surface area contributed by atoms with Gasteiger partial charge in [-0.05, 0) is 19.1 Å². The third-order valence-corrected chi connectivity index (χ3v) is 6.07. The summed E-state index contributed by atoms with van der Waals surface area (Å²) in [5.74, 6) is 0.143. The average molecular weight is 394 g/mol. The number of rotatable bonds is 6. The molecule has 8 heteroatoms. The summed E-state index contributed by atoms with van der Waals surface area (Å²) in [5, 5.41) is 0. The van der Waals surface area contributed by atoms with E-state index in [1.165, 1.54) is 11.3 Å². The highest BCUT2D eigenvalue weighted by molar-refractivity contribution is 7.14. The summed E-state index contributed by atoms with van der Waals surface area (Å²) in [6, 6.07) is 3.75. The first-order chi connectivity index (χ1) is 13.0. The fourth-order valence-electron chi connectivity index (χ4n) is 3.34. The summed E-state index contributed by atoms with van der Waals surface area (Å²) >= 11 is 1.47. The molecule has 0 aliphatic carbocycles. The highest BCUT2D eigenvalue weighted by atomic mass is 32.1. The van der Waals surface area contributed by atoms with Gasteiger partial charge in [-0.1, -0.05) is 0 Å². The number of ether oxygens (including phenoxy) is 1. The molecule has 2 saturated heterocycles. The number of amides is 2. The van der Waals surface area contributed by atoms with Crippen molar-refractivity contribution in [2.45, 2.75) is 19.8 Å². The van der Waals surface area contributed by atoms with E-state index < -0.39 is 0 Å². The van der Waals surface area contributed by atoms with E-state index in [1.807, 2.05) is 24.0 Å². The predicted octanol–water partition coefficient (Wildman–Crippen LogP) is 1.02. The Morgan fingerprint density at radius 2 is 1.56 bits per heavy atom. The second kappa shape index (κ2) is 9.43. The molecule has 0 N–H and O–H groups in total. The van der Waals surface area contributed by atoms with Crippen LogP contribution in [0.3, 0.4) is 0 Å². The van der Waals surface area contributed by atoms with Crippen LogP contribution in [0.5, 0.6) is 0 Å². The third-order valence-electron chi connectivity index (χ3n) is 5.03. The summed E-state index contributed by atoms with van der Waals surface area (Å²) in [6.45, 7) is 7.54. The Morgan fingerprint density at radius 3 is 2.15 bits per heavy atom. The first kappa shape index (κ1) is 20.0. The number of piperazine rings is 1. The maximum atomic E-state index is 12.4. The van der Waals surface area contributed by atoms with Crippen LogP contribution in [-0.4, -0.2) is 91.3 Å². The topological polar surface area (TPSA) is 70.2 Å². The minimum Gasteiger partial charge on any atom is -0.379 e. The minimum atomic E-state index is -0.00286. The van der Waals surface area contributed by atoms with Gasteiger partial charge in [0, 0.05) is 57.0 Å². The van der Waals surface area contributed by atoms with Crippen molar-refractivity contribution in [3.8, 4) is 0 Å². The molecule has 148 valence electrons. The zero-order valence-electron chi connectivity index (χ0n) is 15.8. The van der Waals surface area contributed by atoms with Gasteiger partial charge in [0.15, 0.2) is 5.78 Å². The van der Waals surface area contributed by atoms with E-state index in [4.69, 9.17) is 4.74 Å². The maximum Gasteiger partial charge on any atom is 0.236 e. The SMILES string of the molecule is Cc1ccc(C(=O)CCC(=O)N2CCN(C(=O)CN3CCOCC3)CC2)s1. The molecule has 2 aliphatic heterocycles. The molecule has 2 fully saturated rings. The molecule has 0 bridgehead atoms. The Kier molecular flexibility index (Phi) is 6.98. The lowest BCUT2D eigenvalue weighted by atomic mass is 10.1. The molecule has 0 radical (unpaired) electrons. The molecule has 0 atom stereocenters. The fraction of sp³-hybridized carbons (Fsp3) is 0.632. The molecule has 3 heterocycles. The van der Waals surface area contributed by atoms with E-state index in [0.717, 1.165) is 22.8 Å². The van der Waals surface area contributed by atoms with Gasteiger partial charge in [-0.25, -0.2) is 0 Å². The van der Waals surface area contributed by atoms with Crippen LogP contribution in [0.15, 0.2) is 12.1 Å². The molecule has 3 rings (SSSR count). The van der Waals surface area contributed by atoms with Crippen LogP contribution >= 0.6 is 11.3 Å². The highest BCUT2D eigenvalue weighted by Gasteiger charge is 2.26. The zero-order valence-corrected chi connectivity index (χ0v) is 16.6. The number of carbonyl (C=O) groups excluding carboxylic acids is 3. The number of Topliss-reactive ketones (excluding diaryl/α,β-unsaturated/α-hetero) is 1. The van der Waals surface area contributed by atoms with Crippen LogP contribution in [0.2, 0.25) is 0 Å². The van der Waals surface area contributed by atoms with E-state index in [-0.39, 0.29) is 30.4 Å². The summed E-state index contributed by atoms with van der Waals surface area (Å²) in [6.07, 6.45) is 0.479. The number of hydrogen-bond donors (Lipinski definition) is 0. The lowest BCUT2D eigenvalue weighted by Crippen LogP contribution is -2.53. The van der Waals surface area contributed by atoms with Crippen molar-refractivity contribution < 1.29 is 19.1 Å². The Bertz CT molecular complexity index is 676. The van der Waals surface area contributed by atoms with Crippen molar-refractivity contribution in [1.82, 2.24) is 14.7 Å². The molecular formula is C19H27N3O4S. The Hall–Kier alpha value is -1.77. The molecule has 27 heavy (non-hydrogen) atoms. The van der Waals surface area contributed by atoms with Crippen LogP contribution in [0, 0.1) is 6.92 Å². The number of hydrogen-bond acceptors (Lipinski definition) is 6. The van der Waals surface area contributed by atoms with Crippen molar-refractivity contribution in [2.75, 3.05) is 59.0 Å². The Balaban J connectivity index is 1.38. The van der Waals surface area contributed by atoms with Gasteiger partial charge in [-0.2, -0.15) is 0 Å². The van der Waals surface area contributed by atoms with Gasteiger partial charge in [-0.3, -0.25) is 19.3 Å². The van der Waals surface area contributed by atoms with Crippen LogP contribution < -0.4 is 0 Å². The number of thiophene rings is 1. The van der Waals surface area contributed by atoms with Crippen LogP contribution in [0.25, 0.3) is 0 Å². The smallest absolute Gasteiger partial charge is 0.236 e. The first-order valence-electron chi connectivity index (χ1n) is 9.48. The van der Waals surface area contributed by atoms with E-state index in [9.17, 15) is 14.4 Å². The summed E-state index contributed by atoms with van der Waals surface area (Å²) < 4.78 is 5.30. The van der Waals surface area contributed by atoms with Crippen molar-refractivity contribution >= 4 is 28.9 Å². The molecule has 1 aromatic rings. The van der Waals surface area contributed by atoms with Crippen molar-refractivity contribution in [2.24, 2.45) is 0 Å². The molecule has 0 saturated carbocycles. The van der Waals surface area contributed by atoms with Gasteiger partial charge < -0.3 is 14.5 Å². The van der Waals surface area contributed by atoms with Crippen molar-refractivity contribution in [3.05, 3.63) is 21.9 Å².